The van der Waals surface area contributed by atoms with Gasteiger partial charge in [0.25, 0.3) is 0 Å². The maximum atomic E-state index is 13.3. The van der Waals surface area contributed by atoms with E-state index in [0.29, 0.717) is 4.47 Å². The zero-order valence-electron chi connectivity index (χ0n) is 9.72. The molecule has 0 radical (unpaired) electrons. The Morgan fingerprint density at radius 1 is 1.29 bits per heavy atom. The van der Waals surface area contributed by atoms with Crippen molar-refractivity contribution in [2.45, 2.75) is 32.1 Å². The Bertz CT molecular complexity index is 450. The lowest BCUT2D eigenvalue weighted by atomic mass is 9.86. The van der Waals surface area contributed by atoms with Crippen LogP contribution >= 0.6 is 15.9 Å². The molecule has 0 bridgehead atoms. The highest BCUT2D eigenvalue weighted by Crippen LogP contribution is 2.35. The zero-order valence-corrected chi connectivity index (χ0v) is 11.3. The van der Waals surface area contributed by atoms with Crippen molar-refractivity contribution >= 4 is 21.9 Å². The summed E-state index contributed by atoms with van der Waals surface area (Å²) in [6.07, 6.45) is 0. The third-order valence-electron chi connectivity index (χ3n) is 2.41. The van der Waals surface area contributed by atoms with E-state index >= 15 is 0 Å². The first-order valence-corrected chi connectivity index (χ1v) is 5.78. The van der Waals surface area contributed by atoms with Crippen molar-refractivity contribution in [2.24, 2.45) is 0 Å². The molecule has 0 amide bonds. The molecule has 0 unspecified atom stereocenters. The van der Waals surface area contributed by atoms with Crippen LogP contribution in [0.25, 0.3) is 0 Å². The van der Waals surface area contributed by atoms with Crippen molar-refractivity contribution in [3.63, 3.8) is 0 Å². The summed E-state index contributed by atoms with van der Waals surface area (Å²) in [6, 6.07) is 3.84. The van der Waals surface area contributed by atoms with Crippen LogP contribution in [0.2, 0.25) is 0 Å². The standard InChI is InChI=1S/C12H13BrF2O2/c1-11(2,3)8-5-4-7(6-9(8)13)12(14,15)10(16)17/h4-6H,1-3H3,(H,16,17). The summed E-state index contributed by atoms with van der Waals surface area (Å²) in [6.45, 7) is 5.84. The number of halogens is 3. The summed E-state index contributed by atoms with van der Waals surface area (Å²) >= 11 is 3.20. The third-order valence-corrected chi connectivity index (χ3v) is 3.06. The Morgan fingerprint density at radius 3 is 2.18 bits per heavy atom. The number of carboxylic acids is 1. The molecule has 0 spiro atoms. The molecule has 0 saturated heterocycles. The molecule has 1 rings (SSSR count). The molecule has 0 aliphatic rings. The number of carbonyl (C=O) groups is 1. The smallest absolute Gasteiger partial charge is 0.379 e. The van der Waals surface area contributed by atoms with E-state index in [1.807, 2.05) is 20.8 Å². The molecular weight excluding hydrogens is 294 g/mol. The van der Waals surface area contributed by atoms with Crippen molar-refractivity contribution in [1.82, 2.24) is 0 Å². The molecule has 1 aromatic rings. The van der Waals surface area contributed by atoms with E-state index in [9.17, 15) is 13.6 Å². The van der Waals surface area contributed by atoms with Crippen molar-refractivity contribution in [3.05, 3.63) is 33.8 Å². The van der Waals surface area contributed by atoms with Gasteiger partial charge in [-0.2, -0.15) is 8.78 Å². The van der Waals surface area contributed by atoms with Crippen molar-refractivity contribution in [1.29, 1.82) is 0 Å². The molecule has 2 nitrogen and oxygen atoms in total. The normalized spacial score (nSPS) is 12.6. The molecule has 0 atom stereocenters. The fourth-order valence-corrected chi connectivity index (χ4v) is 2.42. The minimum atomic E-state index is -3.86. The van der Waals surface area contributed by atoms with Gasteiger partial charge in [0, 0.05) is 10.0 Å². The fraction of sp³-hybridized carbons (Fsp3) is 0.417. The Balaban J connectivity index is 3.27. The molecule has 0 aliphatic carbocycles. The average Bonchev–Trinajstić information content (AvgIpc) is 2.15. The topological polar surface area (TPSA) is 37.3 Å². The van der Waals surface area contributed by atoms with Crippen molar-refractivity contribution in [2.75, 3.05) is 0 Å². The highest BCUT2D eigenvalue weighted by molar-refractivity contribution is 9.10. The van der Waals surface area contributed by atoms with E-state index in [2.05, 4.69) is 15.9 Å². The number of benzene rings is 1. The Labute approximate surface area is 107 Å². The van der Waals surface area contributed by atoms with Crippen LogP contribution in [0, 0.1) is 0 Å². The summed E-state index contributed by atoms with van der Waals surface area (Å²) in [5, 5.41) is 8.45. The SMILES string of the molecule is CC(C)(C)c1ccc(C(F)(F)C(=O)O)cc1Br. The van der Waals surface area contributed by atoms with Gasteiger partial charge in [-0.15, -0.1) is 0 Å². The first-order valence-electron chi connectivity index (χ1n) is 4.98. The minimum absolute atomic E-state index is 0.199. The number of rotatable bonds is 2. The highest BCUT2D eigenvalue weighted by atomic mass is 79.9. The Morgan fingerprint density at radius 2 is 1.82 bits per heavy atom. The van der Waals surface area contributed by atoms with Gasteiger partial charge in [0.1, 0.15) is 0 Å². The lowest BCUT2D eigenvalue weighted by molar-refractivity contribution is -0.166. The van der Waals surface area contributed by atoms with E-state index < -0.39 is 17.5 Å². The summed E-state index contributed by atoms with van der Waals surface area (Å²) in [4.78, 5) is 10.4. The number of aliphatic carboxylic acids is 1. The number of hydrogen-bond donors (Lipinski definition) is 1. The quantitative estimate of drug-likeness (QED) is 0.899. The molecule has 0 heterocycles. The van der Waals surface area contributed by atoms with Gasteiger partial charge >= 0.3 is 11.9 Å². The number of hydrogen-bond acceptors (Lipinski definition) is 1. The Kier molecular flexibility index (Phi) is 3.62. The van der Waals surface area contributed by atoms with E-state index in [-0.39, 0.29) is 5.41 Å². The first-order chi connectivity index (χ1) is 7.56. The van der Waals surface area contributed by atoms with Gasteiger partial charge in [0.2, 0.25) is 0 Å². The van der Waals surface area contributed by atoms with Gasteiger partial charge in [0.15, 0.2) is 0 Å². The first kappa shape index (κ1) is 14.1. The predicted octanol–water partition coefficient (Wildman–Crippen LogP) is 3.92. The molecule has 17 heavy (non-hydrogen) atoms. The number of alkyl halides is 2. The van der Waals surface area contributed by atoms with E-state index in [0.717, 1.165) is 17.7 Å². The van der Waals surface area contributed by atoms with Crippen LogP contribution in [0.3, 0.4) is 0 Å². The molecule has 5 heteroatoms. The maximum absolute atomic E-state index is 13.3. The highest BCUT2D eigenvalue weighted by Gasteiger charge is 2.41. The van der Waals surface area contributed by atoms with Crippen LogP contribution in [0.1, 0.15) is 31.9 Å². The summed E-state index contributed by atoms with van der Waals surface area (Å²) in [7, 11) is 0. The lowest BCUT2D eigenvalue weighted by Gasteiger charge is -2.22. The van der Waals surface area contributed by atoms with Gasteiger partial charge in [-0.1, -0.05) is 48.8 Å². The molecule has 0 aliphatic heterocycles. The van der Waals surface area contributed by atoms with Crippen LogP contribution in [0.5, 0.6) is 0 Å². The van der Waals surface area contributed by atoms with E-state index in [4.69, 9.17) is 5.11 Å². The van der Waals surface area contributed by atoms with Crippen LogP contribution in [-0.2, 0) is 16.1 Å². The second-order valence-electron chi connectivity index (χ2n) is 4.82. The van der Waals surface area contributed by atoms with Crippen molar-refractivity contribution < 1.29 is 18.7 Å². The predicted molar refractivity (Wildman–Crippen MR) is 64.4 cm³/mol. The zero-order chi connectivity index (χ0) is 13.4. The monoisotopic (exact) mass is 306 g/mol. The van der Waals surface area contributed by atoms with E-state index in [1.165, 1.54) is 6.07 Å². The maximum Gasteiger partial charge on any atom is 0.379 e. The molecule has 94 valence electrons. The molecule has 0 aromatic heterocycles. The second kappa shape index (κ2) is 4.37. The van der Waals surface area contributed by atoms with Crippen LogP contribution in [-0.4, -0.2) is 11.1 Å². The fourth-order valence-electron chi connectivity index (χ4n) is 1.44. The van der Waals surface area contributed by atoms with Gasteiger partial charge in [-0.3, -0.25) is 0 Å². The number of carboxylic acid groups (broad SMARTS) is 1. The molecule has 1 aromatic carbocycles. The van der Waals surface area contributed by atoms with Crippen molar-refractivity contribution in [3.8, 4) is 0 Å². The third kappa shape index (κ3) is 2.83. The van der Waals surface area contributed by atoms with Gasteiger partial charge in [0.05, 0.1) is 0 Å². The van der Waals surface area contributed by atoms with Crippen LogP contribution < -0.4 is 0 Å². The largest absolute Gasteiger partial charge is 0.477 e. The molecule has 0 saturated carbocycles. The summed E-state index contributed by atoms with van der Waals surface area (Å²) < 4.78 is 27.0. The molecular formula is C12H13BrF2O2. The van der Waals surface area contributed by atoms with Crippen LogP contribution in [0.4, 0.5) is 8.78 Å². The van der Waals surface area contributed by atoms with E-state index in [1.54, 1.807) is 0 Å². The van der Waals surface area contributed by atoms with Gasteiger partial charge < -0.3 is 5.11 Å². The molecule has 1 N–H and O–H groups in total. The lowest BCUT2D eigenvalue weighted by Crippen LogP contribution is -2.25. The second-order valence-corrected chi connectivity index (χ2v) is 5.68. The van der Waals surface area contributed by atoms with Gasteiger partial charge in [-0.25, -0.2) is 4.79 Å². The van der Waals surface area contributed by atoms with Crippen LogP contribution in [0.15, 0.2) is 22.7 Å². The summed E-state index contributed by atoms with van der Waals surface area (Å²) in [5.41, 5.74) is 0.128. The van der Waals surface area contributed by atoms with Gasteiger partial charge in [-0.05, 0) is 17.0 Å². The minimum Gasteiger partial charge on any atom is -0.477 e. The average molecular weight is 307 g/mol. The Hall–Kier alpha value is -0.970. The molecule has 0 fully saturated rings. The summed E-state index contributed by atoms with van der Waals surface area (Å²) in [5.74, 6) is -6.01.